The number of alkyl halides is 3. The van der Waals surface area contributed by atoms with Gasteiger partial charge in [0.25, 0.3) is 0 Å². The van der Waals surface area contributed by atoms with E-state index in [1.54, 1.807) is 20.9 Å². The normalized spacial score (nSPS) is 13.0. The van der Waals surface area contributed by atoms with Crippen molar-refractivity contribution in [2.75, 3.05) is 27.2 Å². The Balaban J connectivity index is 4.14. The maximum Gasteiger partial charge on any atom is 0.390 e. The molecular weight excluding hydrogens is 223 g/mol. The molecule has 0 aromatic carbocycles. The Morgan fingerprint density at radius 2 is 1.81 bits per heavy atom. The van der Waals surface area contributed by atoms with Crippen LogP contribution < -0.4 is 0 Å². The van der Waals surface area contributed by atoms with Gasteiger partial charge in [-0.3, -0.25) is 4.79 Å². The number of hydrogen-bond donors (Lipinski definition) is 0. The monoisotopic (exact) mass is 241 g/mol. The molecule has 6 heteroatoms. The molecule has 0 spiro atoms. The molecule has 0 aromatic heterocycles. The third-order valence-electron chi connectivity index (χ3n) is 2.18. The van der Waals surface area contributed by atoms with E-state index in [2.05, 4.69) is 4.74 Å². The highest BCUT2D eigenvalue weighted by atomic mass is 19.4. The van der Waals surface area contributed by atoms with Crippen molar-refractivity contribution in [3.63, 3.8) is 0 Å². The Kier molecular flexibility index (Phi) is 5.25. The molecule has 0 aromatic rings. The van der Waals surface area contributed by atoms with Gasteiger partial charge in [0.2, 0.25) is 0 Å². The lowest BCUT2D eigenvalue weighted by Gasteiger charge is -2.27. The summed E-state index contributed by atoms with van der Waals surface area (Å²) >= 11 is 0. The average Bonchev–Trinajstić information content (AvgIpc) is 2.11. The van der Waals surface area contributed by atoms with Crippen LogP contribution in [0.2, 0.25) is 0 Å². The van der Waals surface area contributed by atoms with E-state index in [1.807, 2.05) is 0 Å². The molecule has 16 heavy (non-hydrogen) atoms. The first-order valence-corrected chi connectivity index (χ1v) is 4.92. The number of esters is 1. The predicted octanol–water partition coefficient (Wildman–Crippen LogP) is 2.07. The number of halogens is 3. The van der Waals surface area contributed by atoms with Crippen molar-refractivity contribution in [1.82, 2.24) is 4.90 Å². The second-order valence-corrected chi connectivity index (χ2v) is 4.48. The molecule has 0 aliphatic heterocycles. The number of carbonyl (C=O) groups is 1. The standard InChI is InChI=1S/C10H18F3NO2/c1-9(2,8(15)16-4)7-14(3)6-5-10(11,12)13/h5-7H2,1-4H3. The van der Waals surface area contributed by atoms with Gasteiger partial charge in [0.1, 0.15) is 0 Å². The van der Waals surface area contributed by atoms with Crippen LogP contribution in [0.15, 0.2) is 0 Å². The topological polar surface area (TPSA) is 29.5 Å². The highest BCUT2D eigenvalue weighted by Gasteiger charge is 2.32. The summed E-state index contributed by atoms with van der Waals surface area (Å²) in [5.41, 5.74) is -0.797. The van der Waals surface area contributed by atoms with Gasteiger partial charge in [0.15, 0.2) is 0 Å². The third kappa shape index (κ3) is 5.95. The van der Waals surface area contributed by atoms with E-state index in [0.717, 1.165) is 0 Å². The van der Waals surface area contributed by atoms with Crippen molar-refractivity contribution in [3.8, 4) is 0 Å². The van der Waals surface area contributed by atoms with Crippen LogP contribution >= 0.6 is 0 Å². The van der Waals surface area contributed by atoms with E-state index >= 15 is 0 Å². The van der Waals surface area contributed by atoms with Crippen molar-refractivity contribution in [2.45, 2.75) is 26.4 Å². The third-order valence-corrected chi connectivity index (χ3v) is 2.18. The molecule has 0 fully saturated rings. The number of hydrogen-bond acceptors (Lipinski definition) is 3. The zero-order valence-electron chi connectivity index (χ0n) is 10.0. The maximum absolute atomic E-state index is 12.0. The van der Waals surface area contributed by atoms with Crippen LogP contribution in [0, 0.1) is 5.41 Å². The lowest BCUT2D eigenvalue weighted by Crippen LogP contribution is -2.39. The Bertz CT molecular complexity index is 239. The fourth-order valence-electron chi connectivity index (χ4n) is 1.41. The van der Waals surface area contributed by atoms with Gasteiger partial charge in [-0.15, -0.1) is 0 Å². The van der Waals surface area contributed by atoms with Crippen molar-refractivity contribution in [1.29, 1.82) is 0 Å². The number of nitrogens with zero attached hydrogens (tertiary/aromatic N) is 1. The molecule has 0 unspecified atom stereocenters. The van der Waals surface area contributed by atoms with Gasteiger partial charge in [-0.05, 0) is 20.9 Å². The predicted molar refractivity (Wildman–Crippen MR) is 54.0 cm³/mol. The number of rotatable bonds is 5. The molecule has 0 amide bonds. The summed E-state index contributed by atoms with van der Waals surface area (Å²) in [6.07, 6.45) is -5.04. The fourth-order valence-corrected chi connectivity index (χ4v) is 1.41. The second-order valence-electron chi connectivity index (χ2n) is 4.48. The van der Waals surface area contributed by atoms with Crippen LogP contribution in [0.4, 0.5) is 13.2 Å². The second kappa shape index (κ2) is 5.52. The summed E-state index contributed by atoms with van der Waals surface area (Å²) in [7, 11) is 2.82. The molecular formula is C10H18F3NO2. The summed E-state index contributed by atoms with van der Waals surface area (Å²) in [6, 6.07) is 0. The summed E-state index contributed by atoms with van der Waals surface area (Å²) in [4.78, 5) is 12.8. The largest absolute Gasteiger partial charge is 0.469 e. The summed E-state index contributed by atoms with van der Waals surface area (Å²) in [5, 5.41) is 0. The molecule has 0 rings (SSSR count). The average molecular weight is 241 g/mol. The number of methoxy groups -OCH3 is 1. The number of carbonyl (C=O) groups excluding carboxylic acids is 1. The molecule has 0 radical (unpaired) electrons. The molecule has 0 aliphatic carbocycles. The number of ether oxygens (including phenoxy) is 1. The van der Waals surface area contributed by atoms with Gasteiger partial charge in [-0.2, -0.15) is 13.2 Å². The van der Waals surface area contributed by atoms with E-state index in [4.69, 9.17) is 0 Å². The minimum Gasteiger partial charge on any atom is -0.469 e. The fraction of sp³-hybridized carbons (Fsp3) is 0.900. The maximum atomic E-state index is 12.0. The molecule has 0 saturated heterocycles. The minimum atomic E-state index is -4.16. The van der Waals surface area contributed by atoms with E-state index in [-0.39, 0.29) is 13.1 Å². The Labute approximate surface area is 93.6 Å². The van der Waals surface area contributed by atoms with E-state index in [0.29, 0.717) is 0 Å². The molecule has 0 atom stereocenters. The van der Waals surface area contributed by atoms with Gasteiger partial charge in [0, 0.05) is 13.1 Å². The summed E-state index contributed by atoms with van der Waals surface area (Å²) < 4.78 is 40.4. The lowest BCUT2D eigenvalue weighted by molar-refractivity contribution is -0.152. The Morgan fingerprint density at radius 3 is 2.19 bits per heavy atom. The Hall–Kier alpha value is -0.780. The van der Waals surface area contributed by atoms with Crippen molar-refractivity contribution in [2.24, 2.45) is 5.41 Å². The SMILES string of the molecule is COC(=O)C(C)(C)CN(C)CCC(F)(F)F. The molecule has 96 valence electrons. The van der Waals surface area contributed by atoms with E-state index in [9.17, 15) is 18.0 Å². The van der Waals surface area contributed by atoms with Crippen LogP contribution in [0.5, 0.6) is 0 Å². The zero-order chi connectivity index (χ0) is 13.0. The van der Waals surface area contributed by atoms with Crippen molar-refractivity contribution >= 4 is 5.97 Å². The van der Waals surface area contributed by atoms with Crippen LogP contribution in [0.25, 0.3) is 0 Å². The van der Waals surface area contributed by atoms with Gasteiger partial charge < -0.3 is 9.64 Å². The summed E-state index contributed by atoms with van der Waals surface area (Å²) in [6.45, 7) is 3.39. The molecule has 3 nitrogen and oxygen atoms in total. The van der Waals surface area contributed by atoms with Gasteiger partial charge in [0.05, 0.1) is 18.9 Å². The van der Waals surface area contributed by atoms with E-state index in [1.165, 1.54) is 12.0 Å². The van der Waals surface area contributed by atoms with Gasteiger partial charge in [-0.1, -0.05) is 0 Å². The molecule has 0 aliphatic rings. The first kappa shape index (κ1) is 15.2. The van der Waals surface area contributed by atoms with E-state index < -0.39 is 24.0 Å². The first-order chi connectivity index (χ1) is 7.08. The van der Waals surface area contributed by atoms with Crippen molar-refractivity contribution in [3.05, 3.63) is 0 Å². The minimum absolute atomic E-state index is 0.121. The highest BCUT2D eigenvalue weighted by molar-refractivity contribution is 5.76. The quantitative estimate of drug-likeness (QED) is 0.690. The van der Waals surface area contributed by atoms with Crippen LogP contribution in [-0.2, 0) is 9.53 Å². The Morgan fingerprint density at radius 1 is 1.31 bits per heavy atom. The molecule has 0 saturated carbocycles. The molecule has 0 N–H and O–H groups in total. The van der Waals surface area contributed by atoms with Gasteiger partial charge in [-0.25, -0.2) is 0 Å². The highest BCUT2D eigenvalue weighted by Crippen LogP contribution is 2.22. The zero-order valence-corrected chi connectivity index (χ0v) is 10.0. The lowest BCUT2D eigenvalue weighted by atomic mass is 9.93. The summed E-state index contributed by atoms with van der Waals surface area (Å²) in [5.74, 6) is -0.425. The van der Waals surface area contributed by atoms with Crippen molar-refractivity contribution < 1.29 is 22.7 Å². The van der Waals surface area contributed by atoms with Crippen LogP contribution in [0.3, 0.4) is 0 Å². The first-order valence-electron chi connectivity index (χ1n) is 4.92. The van der Waals surface area contributed by atoms with Crippen LogP contribution in [0.1, 0.15) is 20.3 Å². The molecule has 0 heterocycles. The smallest absolute Gasteiger partial charge is 0.390 e. The van der Waals surface area contributed by atoms with Gasteiger partial charge >= 0.3 is 12.1 Å². The molecule has 0 bridgehead atoms. The van der Waals surface area contributed by atoms with Crippen LogP contribution in [-0.4, -0.2) is 44.3 Å².